The standard InChI is InChI=1S/C11H16N2O/c1-9(14)13(2)11-5-3-10(4-6-11)7-8-12/h3-6H,7-8,12H2,1-2H3. The van der Waals surface area contributed by atoms with E-state index >= 15 is 0 Å². The van der Waals surface area contributed by atoms with Crippen LogP contribution >= 0.6 is 0 Å². The van der Waals surface area contributed by atoms with Crippen molar-refractivity contribution in [3.63, 3.8) is 0 Å². The molecule has 0 aliphatic heterocycles. The number of nitrogens with zero attached hydrogens (tertiary/aromatic N) is 1. The normalized spacial score (nSPS) is 9.93. The third-order valence-corrected chi connectivity index (χ3v) is 2.23. The van der Waals surface area contributed by atoms with Crippen molar-refractivity contribution < 1.29 is 4.79 Å². The molecule has 1 amide bonds. The summed E-state index contributed by atoms with van der Waals surface area (Å²) in [5.74, 6) is 0.0385. The topological polar surface area (TPSA) is 46.3 Å². The number of rotatable bonds is 3. The van der Waals surface area contributed by atoms with E-state index in [4.69, 9.17) is 5.73 Å². The first kappa shape index (κ1) is 10.7. The highest BCUT2D eigenvalue weighted by Gasteiger charge is 2.04. The predicted octanol–water partition coefficient (Wildman–Crippen LogP) is 1.17. The van der Waals surface area contributed by atoms with Crippen molar-refractivity contribution in [1.29, 1.82) is 0 Å². The van der Waals surface area contributed by atoms with Crippen molar-refractivity contribution in [3.8, 4) is 0 Å². The Bertz CT molecular complexity index is 306. The third kappa shape index (κ3) is 2.57. The Morgan fingerprint density at radius 3 is 2.36 bits per heavy atom. The molecular formula is C11H16N2O. The summed E-state index contributed by atoms with van der Waals surface area (Å²) in [5.41, 5.74) is 7.56. The molecule has 3 nitrogen and oxygen atoms in total. The first-order valence-corrected chi connectivity index (χ1v) is 4.68. The molecule has 76 valence electrons. The minimum Gasteiger partial charge on any atom is -0.330 e. The molecule has 14 heavy (non-hydrogen) atoms. The second kappa shape index (κ2) is 4.77. The fourth-order valence-corrected chi connectivity index (χ4v) is 1.23. The van der Waals surface area contributed by atoms with Crippen molar-refractivity contribution in [3.05, 3.63) is 29.8 Å². The molecule has 2 N–H and O–H groups in total. The van der Waals surface area contributed by atoms with E-state index < -0.39 is 0 Å². The van der Waals surface area contributed by atoms with Gasteiger partial charge < -0.3 is 10.6 Å². The SMILES string of the molecule is CC(=O)N(C)c1ccc(CCN)cc1. The molecule has 1 rings (SSSR count). The highest BCUT2D eigenvalue weighted by molar-refractivity contribution is 5.90. The number of carbonyl (C=O) groups excluding carboxylic acids is 1. The molecule has 0 saturated carbocycles. The molecule has 1 aromatic rings. The summed E-state index contributed by atoms with van der Waals surface area (Å²) in [5, 5.41) is 0. The van der Waals surface area contributed by atoms with Gasteiger partial charge in [0.1, 0.15) is 0 Å². The van der Waals surface area contributed by atoms with Gasteiger partial charge in [0.15, 0.2) is 0 Å². The van der Waals surface area contributed by atoms with Crippen molar-refractivity contribution in [2.45, 2.75) is 13.3 Å². The number of carbonyl (C=O) groups is 1. The summed E-state index contributed by atoms with van der Waals surface area (Å²) >= 11 is 0. The summed E-state index contributed by atoms with van der Waals surface area (Å²) < 4.78 is 0. The van der Waals surface area contributed by atoms with Crippen LogP contribution in [0.4, 0.5) is 5.69 Å². The minimum absolute atomic E-state index is 0.0385. The summed E-state index contributed by atoms with van der Waals surface area (Å²) in [6.07, 6.45) is 0.879. The van der Waals surface area contributed by atoms with Crippen LogP contribution in [-0.4, -0.2) is 19.5 Å². The maximum absolute atomic E-state index is 11.1. The second-order valence-electron chi connectivity index (χ2n) is 3.28. The van der Waals surface area contributed by atoms with Gasteiger partial charge in [-0.05, 0) is 30.7 Å². The van der Waals surface area contributed by atoms with Crippen LogP contribution in [-0.2, 0) is 11.2 Å². The van der Waals surface area contributed by atoms with Crippen molar-refractivity contribution in [2.24, 2.45) is 5.73 Å². The zero-order valence-corrected chi connectivity index (χ0v) is 8.66. The average Bonchev–Trinajstić information content (AvgIpc) is 2.18. The monoisotopic (exact) mass is 192 g/mol. The first-order valence-electron chi connectivity index (χ1n) is 4.68. The average molecular weight is 192 g/mol. The molecule has 0 fully saturated rings. The Kier molecular flexibility index (Phi) is 3.65. The number of anilines is 1. The molecule has 0 heterocycles. The maximum Gasteiger partial charge on any atom is 0.223 e. The molecule has 3 heteroatoms. The predicted molar refractivity (Wildman–Crippen MR) is 58.3 cm³/mol. The van der Waals surface area contributed by atoms with Crippen LogP contribution in [0, 0.1) is 0 Å². The summed E-state index contributed by atoms with van der Waals surface area (Å²) in [7, 11) is 1.76. The van der Waals surface area contributed by atoms with Gasteiger partial charge in [-0.25, -0.2) is 0 Å². The lowest BCUT2D eigenvalue weighted by molar-refractivity contribution is -0.116. The Labute approximate surface area is 84.5 Å². The molecule has 0 aliphatic carbocycles. The van der Waals surface area contributed by atoms with Gasteiger partial charge >= 0.3 is 0 Å². The lowest BCUT2D eigenvalue weighted by Crippen LogP contribution is -2.22. The van der Waals surface area contributed by atoms with Crippen LogP contribution in [0.2, 0.25) is 0 Å². The lowest BCUT2D eigenvalue weighted by atomic mass is 10.1. The van der Waals surface area contributed by atoms with E-state index in [1.807, 2.05) is 24.3 Å². The van der Waals surface area contributed by atoms with Crippen LogP contribution in [0.15, 0.2) is 24.3 Å². The molecule has 0 unspecified atom stereocenters. The molecule has 0 saturated heterocycles. The summed E-state index contributed by atoms with van der Waals surface area (Å²) in [6.45, 7) is 2.20. The quantitative estimate of drug-likeness (QED) is 0.781. The molecule has 0 aliphatic rings. The molecule has 0 spiro atoms. The number of amides is 1. The van der Waals surface area contributed by atoms with Crippen LogP contribution in [0.1, 0.15) is 12.5 Å². The maximum atomic E-state index is 11.1. The lowest BCUT2D eigenvalue weighted by Gasteiger charge is -2.14. The number of nitrogens with two attached hydrogens (primary N) is 1. The Morgan fingerprint density at radius 2 is 1.93 bits per heavy atom. The van der Waals surface area contributed by atoms with Crippen LogP contribution < -0.4 is 10.6 Å². The second-order valence-corrected chi connectivity index (χ2v) is 3.28. The van der Waals surface area contributed by atoms with Gasteiger partial charge in [-0.15, -0.1) is 0 Å². The Balaban J connectivity index is 2.77. The number of hydrogen-bond acceptors (Lipinski definition) is 2. The van der Waals surface area contributed by atoms with Gasteiger partial charge in [0.25, 0.3) is 0 Å². The van der Waals surface area contributed by atoms with E-state index in [1.165, 1.54) is 5.56 Å². The molecule has 0 aromatic heterocycles. The molecule has 0 radical (unpaired) electrons. The van der Waals surface area contributed by atoms with Gasteiger partial charge in [-0.2, -0.15) is 0 Å². The van der Waals surface area contributed by atoms with Crippen LogP contribution in [0.25, 0.3) is 0 Å². The highest BCUT2D eigenvalue weighted by atomic mass is 16.2. The van der Waals surface area contributed by atoms with Gasteiger partial charge in [0, 0.05) is 19.7 Å². The van der Waals surface area contributed by atoms with E-state index in [9.17, 15) is 4.79 Å². The van der Waals surface area contributed by atoms with Gasteiger partial charge in [0.2, 0.25) is 5.91 Å². The van der Waals surface area contributed by atoms with E-state index in [1.54, 1.807) is 18.9 Å². The van der Waals surface area contributed by atoms with E-state index in [-0.39, 0.29) is 5.91 Å². The van der Waals surface area contributed by atoms with E-state index in [0.717, 1.165) is 12.1 Å². The molecule has 1 aromatic carbocycles. The van der Waals surface area contributed by atoms with Crippen LogP contribution in [0.5, 0.6) is 0 Å². The van der Waals surface area contributed by atoms with Crippen molar-refractivity contribution in [2.75, 3.05) is 18.5 Å². The minimum atomic E-state index is 0.0385. The van der Waals surface area contributed by atoms with Gasteiger partial charge in [-0.3, -0.25) is 4.79 Å². The summed E-state index contributed by atoms with van der Waals surface area (Å²) in [6, 6.07) is 7.88. The van der Waals surface area contributed by atoms with E-state index in [0.29, 0.717) is 6.54 Å². The Hall–Kier alpha value is -1.35. The fraction of sp³-hybridized carbons (Fsp3) is 0.364. The van der Waals surface area contributed by atoms with Crippen molar-refractivity contribution >= 4 is 11.6 Å². The van der Waals surface area contributed by atoms with Gasteiger partial charge in [0.05, 0.1) is 0 Å². The third-order valence-electron chi connectivity index (χ3n) is 2.23. The smallest absolute Gasteiger partial charge is 0.223 e. The highest BCUT2D eigenvalue weighted by Crippen LogP contribution is 2.13. The molecule has 0 atom stereocenters. The van der Waals surface area contributed by atoms with Crippen molar-refractivity contribution in [1.82, 2.24) is 0 Å². The van der Waals surface area contributed by atoms with E-state index in [2.05, 4.69) is 0 Å². The number of hydrogen-bond donors (Lipinski definition) is 1. The number of benzene rings is 1. The Morgan fingerprint density at radius 1 is 1.36 bits per heavy atom. The molecular weight excluding hydrogens is 176 g/mol. The zero-order chi connectivity index (χ0) is 10.6. The largest absolute Gasteiger partial charge is 0.330 e. The van der Waals surface area contributed by atoms with Crippen LogP contribution in [0.3, 0.4) is 0 Å². The first-order chi connectivity index (χ1) is 6.65. The summed E-state index contributed by atoms with van der Waals surface area (Å²) in [4.78, 5) is 12.7. The fourth-order valence-electron chi connectivity index (χ4n) is 1.23. The zero-order valence-electron chi connectivity index (χ0n) is 8.66. The molecule has 0 bridgehead atoms. The van der Waals surface area contributed by atoms with Gasteiger partial charge in [-0.1, -0.05) is 12.1 Å².